The first-order valence-corrected chi connectivity index (χ1v) is 8.51. The lowest BCUT2D eigenvalue weighted by atomic mass is 10.2. The van der Waals surface area contributed by atoms with E-state index in [-0.39, 0.29) is 11.5 Å². The average molecular weight is 372 g/mol. The average Bonchev–Trinajstić information content (AvgIpc) is 3.12. The van der Waals surface area contributed by atoms with Gasteiger partial charge in [-0.15, -0.1) is 0 Å². The fraction of sp³-hybridized carbons (Fsp3) is 0. The normalized spacial score (nSPS) is 11.1. The van der Waals surface area contributed by atoms with Crippen molar-refractivity contribution in [3.63, 3.8) is 0 Å². The van der Waals surface area contributed by atoms with E-state index in [0.717, 1.165) is 0 Å². The Morgan fingerprint density at radius 1 is 1.00 bits per heavy atom. The Morgan fingerprint density at radius 3 is 2.54 bits per heavy atom. The second-order valence-electron chi connectivity index (χ2n) is 6.09. The molecule has 28 heavy (non-hydrogen) atoms. The number of carbonyl (C=O) groups excluding carboxylic acids is 1. The first-order chi connectivity index (χ1) is 13.6. The summed E-state index contributed by atoms with van der Waals surface area (Å²) in [6, 6.07) is 18.6. The van der Waals surface area contributed by atoms with Gasteiger partial charge in [-0.1, -0.05) is 24.3 Å². The highest BCUT2D eigenvalue weighted by Crippen LogP contribution is 2.28. The number of para-hydroxylation sites is 2. The van der Waals surface area contributed by atoms with Crippen molar-refractivity contribution in [2.45, 2.75) is 0 Å². The summed E-state index contributed by atoms with van der Waals surface area (Å²) >= 11 is 0. The van der Waals surface area contributed by atoms with Crippen molar-refractivity contribution in [2.24, 2.45) is 5.10 Å². The highest BCUT2D eigenvalue weighted by Gasteiger charge is 2.11. The van der Waals surface area contributed by atoms with Gasteiger partial charge in [-0.2, -0.15) is 5.10 Å². The molecule has 0 aliphatic heterocycles. The number of rotatable bonds is 4. The molecule has 7 nitrogen and oxygen atoms in total. The number of carbonyl (C=O) groups is 1. The van der Waals surface area contributed by atoms with Crippen molar-refractivity contribution in [1.82, 2.24) is 15.4 Å². The number of benzene rings is 3. The zero-order valence-corrected chi connectivity index (χ0v) is 14.6. The lowest BCUT2D eigenvalue weighted by molar-refractivity contribution is 0.0955. The largest absolute Gasteiger partial charge is 0.507 e. The third-order valence-electron chi connectivity index (χ3n) is 4.21. The molecule has 1 heterocycles. The molecule has 0 fully saturated rings. The van der Waals surface area contributed by atoms with E-state index in [0.29, 0.717) is 33.5 Å². The SMILES string of the molecule is O=C(N/N=C/c1ccccc1O)c1ccc2nc(-c3ccccc3O)[nH]c2c1. The molecule has 4 rings (SSSR count). The number of phenols is 2. The fourth-order valence-corrected chi connectivity index (χ4v) is 2.77. The van der Waals surface area contributed by atoms with Crippen LogP contribution in [0.5, 0.6) is 11.5 Å². The van der Waals surface area contributed by atoms with E-state index in [9.17, 15) is 15.0 Å². The van der Waals surface area contributed by atoms with Crippen molar-refractivity contribution in [3.8, 4) is 22.9 Å². The second kappa shape index (κ2) is 7.24. The number of hydrogen-bond acceptors (Lipinski definition) is 5. The van der Waals surface area contributed by atoms with E-state index in [1.165, 1.54) is 12.3 Å². The molecule has 138 valence electrons. The minimum Gasteiger partial charge on any atom is -0.507 e. The van der Waals surface area contributed by atoms with Crippen LogP contribution in [-0.4, -0.2) is 32.3 Å². The molecule has 1 aromatic heterocycles. The Balaban J connectivity index is 1.55. The molecule has 0 bridgehead atoms. The number of phenolic OH excluding ortho intramolecular Hbond substituents is 2. The first kappa shape index (κ1) is 17.3. The van der Waals surface area contributed by atoms with Crippen LogP contribution in [0.1, 0.15) is 15.9 Å². The van der Waals surface area contributed by atoms with Gasteiger partial charge in [0.2, 0.25) is 0 Å². The van der Waals surface area contributed by atoms with Gasteiger partial charge in [-0.25, -0.2) is 10.4 Å². The minimum atomic E-state index is -0.396. The molecule has 3 aromatic carbocycles. The standard InChI is InChI=1S/C21H16N4O3/c26-18-7-3-1-5-14(18)12-22-25-21(28)13-9-10-16-17(11-13)24-20(23-16)15-6-2-4-8-19(15)27/h1-12,26-27H,(H,23,24)(H,25,28)/b22-12+. The Morgan fingerprint density at radius 2 is 1.75 bits per heavy atom. The molecule has 0 saturated carbocycles. The summed E-state index contributed by atoms with van der Waals surface area (Å²) in [5.74, 6) is 0.324. The van der Waals surface area contributed by atoms with Gasteiger partial charge < -0.3 is 15.2 Å². The molecule has 0 spiro atoms. The molecule has 0 aliphatic carbocycles. The maximum Gasteiger partial charge on any atom is 0.271 e. The van der Waals surface area contributed by atoms with Crippen molar-refractivity contribution in [3.05, 3.63) is 77.9 Å². The maximum absolute atomic E-state index is 12.3. The third-order valence-corrected chi connectivity index (χ3v) is 4.21. The number of amides is 1. The quantitative estimate of drug-likeness (QED) is 0.325. The van der Waals surface area contributed by atoms with E-state index < -0.39 is 5.91 Å². The number of aromatic hydroxyl groups is 2. The summed E-state index contributed by atoms with van der Waals surface area (Å²) in [6.45, 7) is 0. The fourth-order valence-electron chi connectivity index (χ4n) is 2.77. The Kier molecular flexibility index (Phi) is 4.47. The number of aromatic nitrogens is 2. The van der Waals surface area contributed by atoms with Crippen LogP contribution in [0.15, 0.2) is 71.8 Å². The number of nitrogens with one attached hydrogen (secondary N) is 2. The van der Waals surface area contributed by atoms with Crippen LogP contribution >= 0.6 is 0 Å². The minimum absolute atomic E-state index is 0.0797. The Labute approximate surface area is 160 Å². The molecule has 0 aliphatic rings. The molecule has 0 atom stereocenters. The Bertz CT molecular complexity index is 1200. The lowest BCUT2D eigenvalue weighted by Crippen LogP contribution is -2.17. The molecule has 4 N–H and O–H groups in total. The van der Waals surface area contributed by atoms with Gasteiger partial charge in [-0.3, -0.25) is 4.79 Å². The van der Waals surface area contributed by atoms with Crippen LogP contribution in [0.2, 0.25) is 0 Å². The van der Waals surface area contributed by atoms with E-state index in [1.807, 2.05) is 6.07 Å². The number of fused-ring (bicyclic) bond motifs is 1. The van der Waals surface area contributed by atoms with Gasteiger partial charge in [0.1, 0.15) is 17.3 Å². The van der Waals surface area contributed by atoms with Crippen LogP contribution in [0.4, 0.5) is 0 Å². The molecular weight excluding hydrogens is 356 g/mol. The van der Waals surface area contributed by atoms with E-state index in [2.05, 4.69) is 20.5 Å². The smallest absolute Gasteiger partial charge is 0.271 e. The predicted octanol–water partition coefficient (Wildman–Crippen LogP) is 3.41. The molecule has 0 radical (unpaired) electrons. The highest BCUT2D eigenvalue weighted by atomic mass is 16.3. The first-order valence-electron chi connectivity index (χ1n) is 8.51. The predicted molar refractivity (Wildman–Crippen MR) is 106 cm³/mol. The number of imidazole rings is 1. The van der Waals surface area contributed by atoms with Gasteiger partial charge in [0.15, 0.2) is 0 Å². The molecule has 0 unspecified atom stereocenters. The van der Waals surface area contributed by atoms with E-state index in [4.69, 9.17) is 0 Å². The van der Waals surface area contributed by atoms with Crippen LogP contribution < -0.4 is 5.43 Å². The van der Waals surface area contributed by atoms with E-state index >= 15 is 0 Å². The molecular formula is C21H16N4O3. The van der Waals surface area contributed by atoms with Gasteiger partial charge in [0.25, 0.3) is 5.91 Å². The van der Waals surface area contributed by atoms with Gasteiger partial charge >= 0.3 is 0 Å². The number of aromatic amines is 1. The van der Waals surface area contributed by atoms with E-state index in [1.54, 1.807) is 54.6 Å². The van der Waals surface area contributed by atoms with Crippen LogP contribution in [0.25, 0.3) is 22.4 Å². The number of hydrazone groups is 1. The second-order valence-corrected chi connectivity index (χ2v) is 6.09. The molecule has 1 amide bonds. The zero-order chi connectivity index (χ0) is 19.5. The topological polar surface area (TPSA) is 111 Å². The van der Waals surface area contributed by atoms with Gasteiger partial charge in [-0.05, 0) is 42.5 Å². The van der Waals surface area contributed by atoms with Crippen molar-refractivity contribution >= 4 is 23.2 Å². The monoisotopic (exact) mass is 372 g/mol. The maximum atomic E-state index is 12.3. The van der Waals surface area contributed by atoms with Gasteiger partial charge in [0, 0.05) is 11.1 Å². The number of H-pyrrole nitrogens is 1. The zero-order valence-electron chi connectivity index (χ0n) is 14.6. The van der Waals surface area contributed by atoms with Crippen LogP contribution in [0.3, 0.4) is 0 Å². The van der Waals surface area contributed by atoms with Crippen LogP contribution in [0, 0.1) is 0 Å². The molecule has 0 saturated heterocycles. The summed E-state index contributed by atoms with van der Waals surface area (Å²) in [5, 5.41) is 23.6. The van der Waals surface area contributed by atoms with Crippen molar-refractivity contribution in [1.29, 1.82) is 0 Å². The summed E-state index contributed by atoms with van der Waals surface area (Å²) < 4.78 is 0. The summed E-state index contributed by atoms with van der Waals surface area (Å²) in [5.41, 5.74) is 5.25. The number of hydrogen-bond donors (Lipinski definition) is 4. The van der Waals surface area contributed by atoms with Crippen molar-refractivity contribution < 1.29 is 15.0 Å². The van der Waals surface area contributed by atoms with Gasteiger partial charge in [0.05, 0.1) is 22.8 Å². The van der Waals surface area contributed by atoms with Crippen LogP contribution in [-0.2, 0) is 0 Å². The Hall–Kier alpha value is -4.13. The van der Waals surface area contributed by atoms with Crippen molar-refractivity contribution in [2.75, 3.05) is 0 Å². The summed E-state index contributed by atoms with van der Waals surface area (Å²) in [6.07, 6.45) is 1.37. The summed E-state index contributed by atoms with van der Waals surface area (Å²) in [4.78, 5) is 19.9. The molecule has 7 heteroatoms. The third kappa shape index (κ3) is 3.41. The lowest BCUT2D eigenvalue weighted by Gasteiger charge is -2.00. The number of nitrogens with zero attached hydrogens (tertiary/aromatic N) is 2. The summed E-state index contributed by atoms with van der Waals surface area (Å²) in [7, 11) is 0. The molecule has 4 aromatic rings. The highest BCUT2D eigenvalue weighted by molar-refractivity contribution is 5.98.